The Morgan fingerprint density at radius 2 is 1.76 bits per heavy atom. The van der Waals surface area contributed by atoms with Crippen LogP contribution in [0, 0.1) is 0 Å². The molecule has 0 aliphatic heterocycles. The summed E-state index contributed by atoms with van der Waals surface area (Å²) in [5.41, 5.74) is 0.720. The van der Waals surface area contributed by atoms with E-state index in [1.54, 1.807) is 18.3 Å². The first-order valence-corrected chi connectivity index (χ1v) is 6.56. The zero-order valence-electron chi connectivity index (χ0n) is 8.88. The lowest BCUT2D eigenvalue weighted by atomic mass is 10.2. The Balaban J connectivity index is 2.03. The number of halogens is 1. The largest absolute Gasteiger partial charge is 0.507 e. The summed E-state index contributed by atoms with van der Waals surface area (Å²) in [6, 6.07) is 15.0. The third-order valence-corrected chi connectivity index (χ3v) is 3.32. The first kappa shape index (κ1) is 12.2. The maximum Gasteiger partial charge on any atom is 0.124 e. The molecule has 2 aromatic rings. The number of hydrogen-bond acceptors (Lipinski definition) is 3. The number of phenolic OH excluding ortho intramolecular Hbond substituents is 1. The van der Waals surface area contributed by atoms with Crippen LogP contribution >= 0.6 is 27.9 Å². The average Bonchev–Trinajstić information content (AvgIpc) is 2.34. The Bertz CT molecular complexity index is 525. The van der Waals surface area contributed by atoms with Crippen LogP contribution in [0.25, 0.3) is 0 Å². The second-order valence-electron chi connectivity index (χ2n) is 3.34. The van der Waals surface area contributed by atoms with Gasteiger partial charge in [-0.25, -0.2) is 4.40 Å². The van der Waals surface area contributed by atoms with Crippen molar-refractivity contribution >= 4 is 34.1 Å². The lowest BCUT2D eigenvalue weighted by Crippen LogP contribution is -1.79. The SMILES string of the molecule is Oc1ccccc1/C=N\Sc1ccc(Br)cc1. The topological polar surface area (TPSA) is 32.6 Å². The first-order chi connectivity index (χ1) is 8.25. The van der Waals surface area contributed by atoms with Gasteiger partial charge < -0.3 is 5.11 Å². The van der Waals surface area contributed by atoms with E-state index < -0.39 is 0 Å². The molecule has 0 heterocycles. The highest BCUT2D eigenvalue weighted by Crippen LogP contribution is 2.22. The minimum absolute atomic E-state index is 0.243. The molecule has 0 aliphatic carbocycles. The maximum absolute atomic E-state index is 9.54. The molecule has 0 bridgehead atoms. The fourth-order valence-electron chi connectivity index (χ4n) is 1.24. The monoisotopic (exact) mass is 307 g/mol. The van der Waals surface area contributed by atoms with Crippen LogP contribution in [0.2, 0.25) is 0 Å². The van der Waals surface area contributed by atoms with Crippen LogP contribution in [-0.2, 0) is 0 Å². The van der Waals surface area contributed by atoms with Crippen molar-refractivity contribution in [2.75, 3.05) is 0 Å². The number of hydrogen-bond donors (Lipinski definition) is 1. The van der Waals surface area contributed by atoms with Crippen molar-refractivity contribution in [2.24, 2.45) is 4.40 Å². The van der Waals surface area contributed by atoms with Crippen molar-refractivity contribution in [3.63, 3.8) is 0 Å². The lowest BCUT2D eigenvalue weighted by molar-refractivity contribution is 0.474. The maximum atomic E-state index is 9.54. The Labute approximate surface area is 113 Å². The number of phenols is 1. The van der Waals surface area contributed by atoms with Crippen LogP contribution in [0.15, 0.2) is 62.3 Å². The molecular weight excluding hydrogens is 298 g/mol. The molecule has 4 heteroatoms. The molecule has 0 aromatic heterocycles. The van der Waals surface area contributed by atoms with E-state index in [1.165, 1.54) is 11.9 Å². The van der Waals surface area contributed by atoms with Crippen molar-refractivity contribution in [1.82, 2.24) is 0 Å². The Hall–Kier alpha value is -1.26. The van der Waals surface area contributed by atoms with Crippen molar-refractivity contribution in [1.29, 1.82) is 0 Å². The molecule has 0 unspecified atom stereocenters. The van der Waals surface area contributed by atoms with Gasteiger partial charge in [-0.3, -0.25) is 0 Å². The Morgan fingerprint density at radius 3 is 2.47 bits per heavy atom. The molecule has 0 fully saturated rings. The summed E-state index contributed by atoms with van der Waals surface area (Å²) < 4.78 is 5.27. The predicted molar refractivity (Wildman–Crippen MR) is 75.7 cm³/mol. The highest BCUT2D eigenvalue weighted by Gasteiger charge is 1.95. The van der Waals surface area contributed by atoms with Crippen LogP contribution in [0.3, 0.4) is 0 Å². The van der Waals surface area contributed by atoms with Gasteiger partial charge in [0, 0.05) is 33.1 Å². The molecule has 2 nitrogen and oxygen atoms in total. The average molecular weight is 308 g/mol. The summed E-state index contributed by atoms with van der Waals surface area (Å²) >= 11 is 4.75. The number of nitrogens with zero attached hydrogens (tertiary/aromatic N) is 1. The van der Waals surface area contributed by atoms with E-state index in [9.17, 15) is 5.11 Å². The van der Waals surface area contributed by atoms with Crippen LogP contribution in [0.1, 0.15) is 5.56 Å². The molecule has 0 amide bonds. The Kier molecular flexibility index (Phi) is 4.23. The number of para-hydroxylation sites is 1. The summed E-state index contributed by atoms with van der Waals surface area (Å²) in [6.45, 7) is 0. The minimum Gasteiger partial charge on any atom is -0.507 e. The highest BCUT2D eigenvalue weighted by atomic mass is 79.9. The van der Waals surface area contributed by atoms with Crippen LogP contribution in [0.4, 0.5) is 0 Å². The van der Waals surface area contributed by atoms with E-state index in [4.69, 9.17) is 0 Å². The van der Waals surface area contributed by atoms with E-state index in [0.29, 0.717) is 0 Å². The molecular formula is C13H10BrNOS. The van der Waals surface area contributed by atoms with Crippen molar-refractivity contribution in [3.8, 4) is 5.75 Å². The lowest BCUT2D eigenvalue weighted by Gasteiger charge is -1.97. The number of benzene rings is 2. The van der Waals surface area contributed by atoms with Crippen molar-refractivity contribution in [3.05, 3.63) is 58.6 Å². The van der Waals surface area contributed by atoms with Gasteiger partial charge in [0.15, 0.2) is 0 Å². The molecule has 2 rings (SSSR count). The molecule has 0 atom stereocenters. The summed E-state index contributed by atoms with van der Waals surface area (Å²) in [7, 11) is 0. The summed E-state index contributed by atoms with van der Waals surface area (Å²) in [6.07, 6.45) is 1.65. The second-order valence-corrected chi connectivity index (χ2v) is 5.12. The summed E-state index contributed by atoms with van der Waals surface area (Å²) in [4.78, 5) is 1.06. The number of rotatable bonds is 3. The van der Waals surface area contributed by atoms with E-state index in [2.05, 4.69) is 20.3 Å². The number of aromatic hydroxyl groups is 1. The van der Waals surface area contributed by atoms with Gasteiger partial charge in [-0.05, 0) is 36.4 Å². The predicted octanol–water partition coefficient (Wildman–Crippen LogP) is 4.28. The third-order valence-electron chi connectivity index (χ3n) is 2.10. The fourth-order valence-corrected chi connectivity index (χ4v) is 2.05. The van der Waals surface area contributed by atoms with Gasteiger partial charge in [0.2, 0.25) is 0 Å². The molecule has 2 aromatic carbocycles. The van der Waals surface area contributed by atoms with Gasteiger partial charge in [0.1, 0.15) is 5.75 Å². The zero-order chi connectivity index (χ0) is 12.1. The van der Waals surface area contributed by atoms with Gasteiger partial charge in [-0.1, -0.05) is 28.1 Å². The van der Waals surface area contributed by atoms with Crippen LogP contribution < -0.4 is 0 Å². The van der Waals surface area contributed by atoms with Crippen molar-refractivity contribution < 1.29 is 5.11 Å². The molecule has 86 valence electrons. The molecule has 0 saturated heterocycles. The zero-order valence-corrected chi connectivity index (χ0v) is 11.3. The molecule has 0 saturated carbocycles. The fraction of sp³-hybridized carbons (Fsp3) is 0. The third kappa shape index (κ3) is 3.61. The van der Waals surface area contributed by atoms with E-state index >= 15 is 0 Å². The Morgan fingerprint density at radius 1 is 1.06 bits per heavy atom. The minimum atomic E-state index is 0.243. The first-order valence-electron chi connectivity index (χ1n) is 4.99. The van der Waals surface area contributed by atoms with Crippen LogP contribution in [0.5, 0.6) is 5.75 Å². The molecule has 0 aliphatic rings. The van der Waals surface area contributed by atoms with Gasteiger partial charge in [-0.15, -0.1) is 0 Å². The highest BCUT2D eigenvalue weighted by molar-refractivity contribution is 9.10. The van der Waals surface area contributed by atoms with Crippen LogP contribution in [-0.4, -0.2) is 11.3 Å². The smallest absolute Gasteiger partial charge is 0.124 e. The van der Waals surface area contributed by atoms with Gasteiger partial charge in [-0.2, -0.15) is 0 Å². The summed E-state index contributed by atoms with van der Waals surface area (Å²) in [5.74, 6) is 0.243. The van der Waals surface area contributed by atoms with E-state index in [0.717, 1.165) is 14.9 Å². The van der Waals surface area contributed by atoms with Gasteiger partial charge >= 0.3 is 0 Å². The second kappa shape index (κ2) is 5.89. The molecule has 1 N–H and O–H groups in total. The van der Waals surface area contributed by atoms with Crippen molar-refractivity contribution in [2.45, 2.75) is 4.90 Å². The molecule has 0 spiro atoms. The quantitative estimate of drug-likeness (QED) is 0.678. The normalized spacial score (nSPS) is 10.9. The molecule has 0 radical (unpaired) electrons. The van der Waals surface area contributed by atoms with E-state index in [1.807, 2.05) is 36.4 Å². The summed E-state index contributed by atoms with van der Waals surface area (Å²) in [5, 5.41) is 9.54. The van der Waals surface area contributed by atoms with Gasteiger partial charge in [0.05, 0.1) is 0 Å². The van der Waals surface area contributed by atoms with Gasteiger partial charge in [0.25, 0.3) is 0 Å². The van der Waals surface area contributed by atoms with E-state index in [-0.39, 0.29) is 5.75 Å². The molecule has 17 heavy (non-hydrogen) atoms. The standard InChI is InChI=1S/C13H10BrNOS/c14-11-5-7-12(8-6-11)17-15-9-10-3-1-2-4-13(10)16/h1-9,16H/b15-9-.